The Morgan fingerprint density at radius 2 is 1.10 bits per heavy atom. The molecule has 7 nitrogen and oxygen atoms in total. The third-order valence-corrected chi connectivity index (χ3v) is 7.17. The SMILES string of the molecule is c1ccc2cc(C[n+]3ccc(-c4cc[n+](-c5ccc6c(c5)OCCOCCOCCOCCO6)cc4)cc3)ccc2c1. The van der Waals surface area contributed by atoms with Crippen LogP contribution in [-0.4, -0.2) is 52.9 Å². The van der Waals surface area contributed by atoms with Crippen LogP contribution in [0.1, 0.15) is 5.56 Å². The van der Waals surface area contributed by atoms with Crippen molar-refractivity contribution < 1.29 is 32.8 Å². The molecule has 0 saturated carbocycles. The summed E-state index contributed by atoms with van der Waals surface area (Å²) in [6.07, 6.45) is 8.41. The molecule has 3 heterocycles. The number of hydrogen-bond acceptors (Lipinski definition) is 5. The Kier molecular flexibility index (Phi) is 9.32. The minimum absolute atomic E-state index is 0.425. The summed E-state index contributed by atoms with van der Waals surface area (Å²) in [6.45, 7) is 4.81. The van der Waals surface area contributed by atoms with Crippen molar-refractivity contribution in [3.8, 4) is 28.3 Å². The number of rotatable bonds is 4. The lowest BCUT2D eigenvalue weighted by atomic mass is 10.1. The van der Waals surface area contributed by atoms with E-state index in [4.69, 9.17) is 23.7 Å². The van der Waals surface area contributed by atoms with Gasteiger partial charge in [-0.2, -0.15) is 4.57 Å². The fourth-order valence-corrected chi connectivity index (χ4v) is 4.95. The van der Waals surface area contributed by atoms with Crippen molar-refractivity contribution in [2.24, 2.45) is 0 Å². The largest absolute Gasteiger partial charge is 0.487 e. The van der Waals surface area contributed by atoms with Crippen LogP contribution in [0.25, 0.3) is 27.6 Å². The number of fused-ring (bicyclic) bond motifs is 2. The average molecular weight is 565 g/mol. The molecule has 0 radical (unpaired) electrons. The molecule has 1 aliphatic rings. The smallest absolute Gasteiger partial charge is 0.214 e. The maximum atomic E-state index is 6.05. The molecule has 1 aliphatic heterocycles. The Hall–Kier alpha value is -4.30. The summed E-state index contributed by atoms with van der Waals surface area (Å²) < 4.78 is 32.9. The molecule has 0 aliphatic carbocycles. The predicted molar refractivity (Wildman–Crippen MR) is 160 cm³/mol. The molecule has 6 rings (SSSR count). The molecule has 0 saturated heterocycles. The Morgan fingerprint density at radius 3 is 1.79 bits per heavy atom. The highest BCUT2D eigenvalue weighted by Crippen LogP contribution is 2.29. The third kappa shape index (κ3) is 7.31. The van der Waals surface area contributed by atoms with E-state index < -0.39 is 0 Å². The first kappa shape index (κ1) is 27.8. The lowest BCUT2D eigenvalue weighted by molar-refractivity contribution is -0.688. The monoisotopic (exact) mass is 564 g/mol. The highest BCUT2D eigenvalue weighted by Gasteiger charge is 2.14. The zero-order valence-corrected chi connectivity index (χ0v) is 23.7. The molecule has 0 N–H and O–H groups in total. The normalized spacial score (nSPS) is 15.0. The summed E-state index contributed by atoms with van der Waals surface area (Å²) in [5.74, 6) is 1.37. The number of nitrogens with zero attached hydrogens (tertiary/aromatic N) is 2. The second-order valence-electron chi connectivity index (χ2n) is 10.1. The van der Waals surface area contributed by atoms with Crippen LogP contribution in [0.15, 0.2) is 110 Å². The Labute approximate surface area is 246 Å². The number of benzene rings is 3. The average Bonchev–Trinajstić information content (AvgIpc) is 3.05. The number of aromatic nitrogens is 2. The van der Waals surface area contributed by atoms with Gasteiger partial charge in [0.1, 0.15) is 13.2 Å². The van der Waals surface area contributed by atoms with Crippen LogP contribution in [0.2, 0.25) is 0 Å². The van der Waals surface area contributed by atoms with Crippen molar-refractivity contribution in [3.63, 3.8) is 0 Å². The molecule has 3 aromatic carbocycles. The minimum atomic E-state index is 0.425. The molecule has 5 aromatic rings. The van der Waals surface area contributed by atoms with Crippen LogP contribution >= 0.6 is 0 Å². The predicted octanol–water partition coefficient (Wildman–Crippen LogP) is 4.94. The van der Waals surface area contributed by atoms with Gasteiger partial charge in [0.05, 0.1) is 45.7 Å². The van der Waals surface area contributed by atoms with Crippen molar-refractivity contribution in [2.45, 2.75) is 6.54 Å². The van der Waals surface area contributed by atoms with Crippen LogP contribution in [0.3, 0.4) is 0 Å². The second kappa shape index (κ2) is 14.0. The van der Waals surface area contributed by atoms with Gasteiger partial charge in [0.2, 0.25) is 5.69 Å². The zero-order valence-electron chi connectivity index (χ0n) is 23.7. The molecule has 7 heteroatoms. The summed E-state index contributed by atoms with van der Waals surface area (Å²) in [5, 5.41) is 2.54. The van der Waals surface area contributed by atoms with Crippen molar-refractivity contribution in [2.75, 3.05) is 52.9 Å². The van der Waals surface area contributed by atoms with E-state index in [1.807, 2.05) is 18.2 Å². The van der Waals surface area contributed by atoms with Crippen LogP contribution in [0.5, 0.6) is 11.5 Å². The standard InChI is InChI=1S/C35H36N2O5/c1-2-4-32-25-28(5-6-29(32)3-1)27-36-13-9-30(10-14-36)31-11-15-37(16-12-31)33-7-8-34-35(26-33)42-24-22-40-20-18-38-17-19-39-21-23-41-34/h1-16,25-26H,17-24,27H2/q+2. The lowest BCUT2D eigenvalue weighted by Crippen LogP contribution is -2.33. The van der Waals surface area contributed by atoms with Crippen LogP contribution < -0.4 is 18.6 Å². The Bertz CT molecular complexity index is 1590. The van der Waals surface area contributed by atoms with Crippen molar-refractivity contribution >= 4 is 10.8 Å². The Balaban J connectivity index is 1.13. The first-order valence-electron chi connectivity index (χ1n) is 14.4. The van der Waals surface area contributed by atoms with E-state index >= 15 is 0 Å². The van der Waals surface area contributed by atoms with Gasteiger partial charge >= 0.3 is 0 Å². The summed E-state index contributed by atoms with van der Waals surface area (Å²) >= 11 is 0. The van der Waals surface area contributed by atoms with Gasteiger partial charge in [-0.3, -0.25) is 0 Å². The van der Waals surface area contributed by atoms with Gasteiger partial charge in [0.25, 0.3) is 0 Å². The van der Waals surface area contributed by atoms with E-state index in [0.29, 0.717) is 64.4 Å². The van der Waals surface area contributed by atoms with Crippen LogP contribution in [0, 0.1) is 0 Å². The molecule has 2 aromatic heterocycles. The van der Waals surface area contributed by atoms with Crippen LogP contribution in [-0.2, 0) is 20.8 Å². The van der Waals surface area contributed by atoms with E-state index in [1.54, 1.807) is 0 Å². The topological polar surface area (TPSA) is 53.9 Å². The van der Waals surface area contributed by atoms with E-state index in [2.05, 4.69) is 101 Å². The zero-order chi connectivity index (χ0) is 28.4. The Morgan fingerprint density at radius 1 is 0.500 bits per heavy atom. The van der Waals surface area contributed by atoms with Gasteiger partial charge < -0.3 is 23.7 Å². The fourth-order valence-electron chi connectivity index (χ4n) is 4.95. The molecule has 0 bridgehead atoms. The molecule has 214 valence electrons. The summed E-state index contributed by atoms with van der Waals surface area (Å²) in [4.78, 5) is 0. The highest BCUT2D eigenvalue weighted by atomic mass is 16.6. The van der Waals surface area contributed by atoms with E-state index in [0.717, 1.165) is 17.8 Å². The maximum absolute atomic E-state index is 6.05. The van der Waals surface area contributed by atoms with Crippen molar-refractivity contribution in [1.29, 1.82) is 0 Å². The summed E-state index contributed by atoms with van der Waals surface area (Å²) in [5.41, 5.74) is 4.58. The van der Waals surface area contributed by atoms with E-state index in [1.165, 1.54) is 21.9 Å². The second-order valence-corrected chi connectivity index (χ2v) is 10.1. The van der Waals surface area contributed by atoms with Crippen molar-refractivity contribution in [1.82, 2.24) is 0 Å². The first-order chi connectivity index (χ1) is 20.8. The third-order valence-electron chi connectivity index (χ3n) is 7.17. The molecule has 0 amide bonds. The number of ether oxygens (including phenoxy) is 5. The van der Waals surface area contributed by atoms with Gasteiger partial charge in [0.15, 0.2) is 42.8 Å². The maximum Gasteiger partial charge on any atom is 0.214 e. The van der Waals surface area contributed by atoms with Gasteiger partial charge in [0, 0.05) is 35.9 Å². The minimum Gasteiger partial charge on any atom is -0.487 e. The van der Waals surface area contributed by atoms with E-state index in [9.17, 15) is 0 Å². The van der Waals surface area contributed by atoms with Gasteiger partial charge in [-0.15, -0.1) is 0 Å². The highest BCUT2D eigenvalue weighted by molar-refractivity contribution is 5.82. The molecule has 0 spiro atoms. The van der Waals surface area contributed by atoms with Crippen molar-refractivity contribution in [3.05, 3.63) is 115 Å². The molecule has 0 atom stereocenters. The molecule has 42 heavy (non-hydrogen) atoms. The molecular weight excluding hydrogens is 528 g/mol. The number of hydrogen-bond donors (Lipinski definition) is 0. The van der Waals surface area contributed by atoms with Crippen LogP contribution in [0.4, 0.5) is 0 Å². The molecular formula is C35H36N2O5+2. The van der Waals surface area contributed by atoms with Gasteiger partial charge in [-0.05, 0) is 34.0 Å². The van der Waals surface area contributed by atoms with E-state index in [-0.39, 0.29) is 0 Å². The summed E-state index contributed by atoms with van der Waals surface area (Å²) in [7, 11) is 0. The lowest BCUT2D eigenvalue weighted by Gasteiger charge is -2.13. The summed E-state index contributed by atoms with van der Waals surface area (Å²) in [6, 6.07) is 29.7. The molecule has 0 fully saturated rings. The van der Waals surface area contributed by atoms with Gasteiger partial charge in [-0.1, -0.05) is 36.4 Å². The first-order valence-corrected chi connectivity index (χ1v) is 14.4. The fraction of sp³-hybridized carbons (Fsp3) is 0.257. The number of pyridine rings is 2. The molecule has 0 unspecified atom stereocenters. The van der Waals surface area contributed by atoms with Gasteiger partial charge in [-0.25, -0.2) is 4.57 Å². The quantitative estimate of drug-likeness (QED) is 0.290.